The zero-order valence-corrected chi connectivity index (χ0v) is 21.2. The van der Waals surface area contributed by atoms with Crippen LogP contribution >= 0.6 is 11.6 Å². The normalized spacial score (nSPS) is 17.8. The van der Waals surface area contributed by atoms with Crippen LogP contribution in [0.2, 0.25) is 5.02 Å². The predicted octanol–water partition coefficient (Wildman–Crippen LogP) is 4.97. The summed E-state index contributed by atoms with van der Waals surface area (Å²) in [5, 5.41) is 3.39. The van der Waals surface area contributed by atoms with Gasteiger partial charge in [0, 0.05) is 5.02 Å². The minimum atomic E-state index is -3.95. The summed E-state index contributed by atoms with van der Waals surface area (Å²) >= 11 is 6.18. The topological polar surface area (TPSA) is 75.7 Å². The van der Waals surface area contributed by atoms with E-state index in [4.69, 9.17) is 16.3 Å². The summed E-state index contributed by atoms with van der Waals surface area (Å²) < 4.78 is 34.4. The van der Waals surface area contributed by atoms with E-state index < -0.39 is 16.1 Å². The zero-order chi connectivity index (χ0) is 24.7. The lowest BCUT2D eigenvalue weighted by molar-refractivity contribution is -0.128. The highest BCUT2D eigenvalue weighted by molar-refractivity contribution is 7.92. The molecule has 0 fully saturated rings. The Morgan fingerprint density at radius 3 is 2.57 bits per heavy atom. The Labute approximate surface area is 210 Å². The first-order valence-corrected chi connectivity index (χ1v) is 13.5. The molecule has 0 saturated heterocycles. The van der Waals surface area contributed by atoms with Crippen LogP contribution in [-0.4, -0.2) is 27.0 Å². The lowest BCUT2D eigenvalue weighted by Crippen LogP contribution is -2.51. The fourth-order valence-electron chi connectivity index (χ4n) is 4.68. The van der Waals surface area contributed by atoms with E-state index >= 15 is 0 Å². The average molecular weight is 511 g/mol. The molecule has 3 aromatic carbocycles. The summed E-state index contributed by atoms with van der Waals surface area (Å²) in [6.45, 7) is 3.65. The van der Waals surface area contributed by atoms with Crippen LogP contribution in [0.4, 0.5) is 5.69 Å². The first-order chi connectivity index (χ1) is 16.7. The molecular weight excluding hydrogens is 484 g/mol. The number of carbonyl (C=O) groups is 1. The summed E-state index contributed by atoms with van der Waals surface area (Å²) in [7, 11) is -3.95. The maximum absolute atomic E-state index is 13.6. The van der Waals surface area contributed by atoms with E-state index in [1.807, 2.05) is 19.9 Å². The maximum atomic E-state index is 13.6. The number of carbonyl (C=O) groups excluding carboxylic acids is 1. The van der Waals surface area contributed by atoms with Crippen LogP contribution in [0.1, 0.15) is 41.6 Å². The number of benzene rings is 3. The molecule has 1 aliphatic carbocycles. The molecular formula is C27H27ClN2O4S. The van der Waals surface area contributed by atoms with Gasteiger partial charge in [-0.25, -0.2) is 8.42 Å². The van der Waals surface area contributed by atoms with Gasteiger partial charge in [0.2, 0.25) is 0 Å². The molecule has 8 heteroatoms. The standard InChI is InChI=1S/C27H27ClN2O4S/c1-17-6-11-23(12-7-17)35(32,33)30-16-26(34-25-13-10-22(28)15-24(25)30)27(31)29-18(2)20-9-8-19-4-3-5-21(19)14-20/h6-15,18,26H,3-5,16H2,1-2H3,(H,29,31). The number of anilines is 1. The SMILES string of the molecule is Cc1ccc(S(=O)(=O)N2CC(C(=O)NC(C)c3ccc4c(c3)CCC4)Oc3ccc(Cl)cc32)cc1. The van der Waals surface area contributed by atoms with Gasteiger partial charge >= 0.3 is 0 Å². The van der Waals surface area contributed by atoms with Gasteiger partial charge in [-0.3, -0.25) is 9.10 Å². The highest BCUT2D eigenvalue weighted by Gasteiger charge is 2.38. The van der Waals surface area contributed by atoms with Crippen molar-refractivity contribution in [3.8, 4) is 5.75 Å². The van der Waals surface area contributed by atoms with Crippen LogP contribution in [0.5, 0.6) is 5.75 Å². The summed E-state index contributed by atoms with van der Waals surface area (Å²) in [5.41, 5.74) is 4.99. The van der Waals surface area contributed by atoms with Gasteiger partial charge < -0.3 is 10.1 Å². The Hall–Kier alpha value is -3.03. The second kappa shape index (κ2) is 9.21. The van der Waals surface area contributed by atoms with Crippen LogP contribution in [0.25, 0.3) is 0 Å². The molecule has 1 heterocycles. The van der Waals surface area contributed by atoms with Crippen molar-refractivity contribution in [3.63, 3.8) is 0 Å². The molecule has 5 rings (SSSR count). The number of hydrogen-bond donors (Lipinski definition) is 1. The molecule has 6 nitrogen and oxygen atoms in total. The molecule has 0 bridgehead atoms. The Bertz CT molecular complexity index is 1390. The summed E-state index contributed by atoms with van der Waals surface area (Å²) in [6, 6.07) is 17.5. The Kier molecular flexibility index (Phi) is 6.23. The van der Waals surface area contributed by atoms with Crippen LogP contribution in [0.3, 0.4) is 0 Å². The lowest BCUT2D eigenvalue weighted by Gasteiger charge is -2.35. The third-order valence-electron chi connectivity index (χ3n) is 6.67. The molecule has 182 valence electrons. The minimum Gasteiger partial charge on any atom is -0.476 e. The number of nitrogens with zero attached hydrogens (tertiary/aromatic N) is 1. The fourth-order valence-corrected chi connectivity index (χ4v) is 6.31. The van der Waals surface area contributed by atoms with E-state index in [0.717, 1.165) is 30.4 Å². The molecule has 1 N–H and O–H groups in total. The molecule has 1 amide bonds. The second-order valence-electron chi connectivity index (χ2n) is 9.18. The van der Waals surface area contributed by atoms with Gasteiger partial charge in [0.1, 0.15) is 5.75 Å². The van der Waals surface area contributed by atoms with Crippen molar-refractivity contribution in [1.29, 1.82) is 0 Å². The van der Waals surface area contributed by atoms with Gasteiger partial charge in [-0.05, 0) is 80.1 Å². The van der Waals surface area contributed by atoms with Crippen LogP contribution in [0.15, 0.2) is 65.6 Å². The molecule has 0 saturated carbocycles. The minimum absolute atomic E-state index is 0.140. The largest absolute Gasteiger partial charge is 0.476 e. The molecule has 0 radical (unpaired) electrons. The average Bonchev–Trinajstić information content (AvgIpc) is 3.31. The fraction of sp³-hybridized carbons (Fsp3) is 0.296. The van der Waals surface area contributed by atoms with Gasteiger partial charge in [0.05, 0.1) is 23.2 Å². The molecule has 2 atom stereocenters. The highest BCUT2D eigenvalue weighted by Crippen LogP contribution is 2.39. The van der Waals surface area contributed by atoms with Crippen LogP contribution in [0, 0.1) is 6.92 Å². The van der Waals surface area contributed by atoms with E-state index in [0.29, 0.717) is 16.5 Å². The van der Waals surface area contributed by atoms with Crippen molar-refractivity contribution in [2.75, 3.05) is 10.8 Å². The molecule has 2 aliphatic rings. The molecule has 0 spiro atoms. The first kappa shape index (κ1) is 23.7. The van der Waals surface area contributed by atoms with Gasteiger partial charge in [-0.1, -0.05) is 47.5 Å². The molecule has 1 aliphatic heterocycles. The third kappa shape index (κ3) is 4.62. The predicted molar refractivity (Wildman–Crippen MR) is 137 cm³/mol. The number of fused-ring (bicyclic) bond motifs is 2. The van der Waals surface area contributed by atoms with Gasteiger partial charge in [-0.15, -0.1) is 0 Å². The van der Waals surface area contributed by atoms with Crippen molar-refractivity contribution in [2.24, 2.45) is 0 Å². The number of nitrogens with one attached hydrogen (secondary N) is 1. The summed E-state index contributed by atoms with van der Waals surface area (Å²) in [5.74, 6) is -0.0793. The summed E-state index contributed by atoms with van der Waals surface area (Å²) in [6.07, 6.45) is 2.30. The molecule has 2 unspecified atom stereocenters. The van der Waals surface area contributed by atoms with Gasteiger partial charge in [-0.2, -0.15) is 0 Å². The number of aryl methyl sites for hydroxylation is 3. The van der Waals surface area contributed by atoms with E-state index in [1.54, 1.807) is 42.5 Å². The van der Waals surface area contributed by atoms with E-state index in [2.05, 4.69) is 17.4 Å². The Balaban J connectivity index is 1.42. The number of sulfonamides is 1. The van der Waals surface area contributed by atoms with Crippen molar-refractivity contribution in [3.05, 3.63) is 87.9 Å². The number of ether oxygens (including phenoxy) is 1. The molecule has 35 heavy (non-hydrogen) atoms. The zero-order valence-electron chi connectivity index (χ0n) is 19.6. The highest BCUT2D eigenvalue weighted by atomic mass is 35.5. The maximum Gasteiger partial charge on any atom is 0.264 e. The molecule has 0 aromatic heterocycles. The van der Waals surface area contributed by atoms with Crippen LogP contribution < -0.4 is 14.4 Å². The van der Waals surface area contributed by atoms with Crippen molar-refractivity contribution >= 4 is 33.2 Å². The quantitative estimate of drug-likeness (QED) is 0.525. The second-order valence-corrected chi connectivity index (χ2v) is 11.5. The smallest absolute Gasteiger partial charge is 0.264 e. The van der Waals surface area contributed by atoms with Crippen molar-refractivity contribution in [2.45, 2.75) is 50.2 Å². The van der Waals surface area contributed by atoms with E-state index in [-0.39, 0.29) is 23.4 Å². The third-order valence-corrected chi connectivity index (χ3v) is 8.70. The van der Waals surface area contributed by atoms with E-state index in [9.17, 15) is 13.2 Å². The number of amides is 1. The lowest BCUT2D eigenvalue weighted by atomic mass is 10.0. The number of halogens is 1. The van der Waals surface area contributed by atoms with Crippen molar-refractivity contribution < 1.29 is 17.9 Å². The van der Waals surface area contributed by atoms with Gasteiger partial charge in [0.25, 0.3) is 15.9 Å². The van der Waals surface area contributed by atoms with Crippen LogP contribution in [-0.2, 0) is 27.7 Å². The molecule has 3 aromatic rings. The van der Waals surface area contributed by atoms with Gasteiger partial charge in [0.15, 0.2) is 6.10 Å². The number of rotatable bonds is 5. The monoisotopic (exact) mass is 510 g/mol. The number of hydrogen-bond acceptors (Lipinski definition) is 4. The van der Waals surface area contributed by atoms with E-state index in [1.165, 1.54) is 15.4 Å². The first-order valence-electron chi connectivity index (χ1n) is 11.7. The Morgan fingerprint density at radius 2 is 1.80 bits per heavy atom. The van der Waals surface area contributed by atoms with Crippen molar-refractivity contribution in [1.82, 2.24) is 5.32 Å². The summed E-state index contributed by atoms with van der Waals surface area (Å²) in [4.78, 5) is 13.4. The Morgan fingerprint density at radius 1 is 1.06 bits per heavy atom.